The summed E-state index contributed by atoms with van der Waals surface area (Å²) in [5, 5.41) is 8.88. The molecule has 0 heterocycles. The van der Waals surface area contributed by atoms with E-state index in [-0.39, 0.29) is 6.54 Å². The Morgan fingerprint density at radius 2 is 2.07 bits per heavy atom. The van der Waals surface area contributed by atoms with Crippen molar-refractivity contribution in [3.05, 3.63) is 34.9 Å². The maximum absolute atomic E-state index is 10.8. The molecule has 0 radical (unpaired) electrons. The SMILES string of the molecule is Cc1ccc(CC(CN)C(=O)O)cc1C. The average Bonchev–Trinajstić information content (AvgIpc) is 2.19. The van der Waals surface area contributed by atoms with Crippen LogP contribution in [0.15, 0.2) is 18.2 Å². The molecule has 0 saturated heterocycles. The number of carboxylic acid groups (broad SMARTS) is 1. The standard InChI is InChI=1S/C12H17NO2/c1-8-3-4-10(5-9(8)2)6-11(7-13)12(14)15/h3-5,11H,6-7,13H2,1-2H3,(H,14,15). The molecule has 3 nitrogen and oxygen atoms in total. The van der Waals surface area contributed by atoms with Gasteiger partial charge in [-0.1, -0.05) is 18.2 Å². The molecule has 1 aromatic carbocycles. The van der Waals surface area contributed by atoms with Crippen molar-refractivity contribution in [2.45, 2.75) is 20.3 Å². The summed E-state index contributed by atoms with van der Waals surface area (Å²) in [6, 6.07) is 6.01. The molecule has 1 aromatic rings. The summed E-state index contributed by atoms with van der Waals surface area (Å²) in [6.07, 6.45) is 0.507. The molecule has 82 valence electrons. The summed E-state index contributed by atoms with van der Waals surface area (Å²) in [7, 11) is 0. The van der Waals surface area contributed by atoms with E-state index in [0.717, 1.165) is 5.56 Å². The second-order valence-electron chi connectivity index (χ2n) is 3.89. The van der Waals surface area contributed by atoms with Crippen molar-refractivity contribution in [1.29, 1.82) is 0 Å². The minimum Gasteiger partial charge on any atom is -0.481 e. The zero-order valence-electron chi connectivity index (χ0n) is 9.16. The number of aryl methyl sites for hydroxylation is 2. The van der Waals surface area contributed by atoms with Gasteiger partial charge in [0.05, 0.1) is 5.92 Å². The number of benzene rings is 1. The molecule has 3 heteroatoms. The Bertz CT molecular complexity index is 361. The van der Waals surface area contributed by atoms with Gasteiger partial charge in [0, 0.05) is 6.54 Å². The van der Waals surface area contributed by atoms with E-state index in [2.05, 4.69) is 0 Å². The molecule has 1 rings (SSSR count). The molecule has 0 spiro atoms. The van der Waals surface area contributed by atoms with E-state index >= 15 is 0 Å². The first-order valence-corrected chi connectivity index (χ1v) is 5.03. The zero-order chi connectivity index (χ0) is 11.4. The van der Waals surface area contributed by atoms with Gasteiger partial charge >= 0.3 is 5.97 Å². The normalized spacial score (nSPS) is 12.5. The van der Waals surface area contributed by atoms with Gasteiger partial charge in [0.1, 0.15) is 0 Å². The Hall–Kier alpha value is -1.35. The quantitative estimate of drug-likeness (QED) is 0.786. The van der Waals surface area contributed by atoms with Crippen molar-refractivity contribution in [3.63, 3.8) is 0 Å². The van der Waals surface area contributed by atoms with Crippen LogP contribution in [0.2, 0.25) is 0 Å². The lowest BCUT2D eigenvalue weighted by Crippen LogP contribution is -2.25. The highest BCUT2D eigenvalue weighted by atomic mass is 16.4. The molecular formula is C12H17NO2. The van der Waals surface area contributed by atoms with Crippen LogP contribution < -0.4 is 5.73 Å². The van der Waals surface area contributed by atoms with E-state index in [9.17, 15) is 4.79 Å². The number of hydrogen-bond donors (Lipinski definition) is 2. The predicted octanol–water partition coefficient (Wildman–Crippen LogP) is 1.51. The second-order valence-corrected chi connectivity index (χ2v) is 3.89. The van der Waals surface area contributed by atoms with Gasteiger partial charge in [0.15, 0.2) is 0 Å². The molecule has 0 aromatic heterocycles. The van der Waals surface area contributed by atoms with E-state index in [0.29, 0.717) is 6.42 Å². The van der Waals surface area contributed by atoms with Crippen LogP contribution in [-0.2, 0) is 11.2 Å². The maximum Gasteiger partial charge on any atom is 0.308 e. The predicted molar refractivity (Wildman–Crippen MR) is 59.8 cm³/mol. The van der Waals surface area contributed by atoms with Gasteiger partial charge in [-0.15, -0.1) is 0 Å². The first kappa shape index (κ1) is 11.7. The summed E-state index contributed by atoms with van der Waals surface area (Å²) in [4.78, 5) is 10.8. The Balaban J connectivity index is 2.80. The third-order valence-corrected chi connectivity index (χ3v) is 2.69. The van der Waals surface area contributed by atoms with Crippen molar-refractivity contribution < 1.29 is 9.90 Å². The van der Waals surface area contributed by atoms with Gasteiger partial charge < -0.3 is 10.8 Å². The van der Waals surface area contributed by atoms with Crippen molar-refractivity contribution in [2.24, 2.45) is 11.7 Å². The Morgan fingerprint density at radius 1 is 1.40 bits per heavy atom. The average molecular weight is 207 g/mol. The number of aliphatic carboxylic acids is 1. The van der Waals surface area contributed by atoms with Gasteiger partial charge in [-0.3, -0.25) is 4.79 Å². The number of rotatable bonds is 4. The van der Waals surface area contributed by atoms with E-state index in [4.69, 9.17) is 10.8 Å². The lowest BCUT2D eigenvalue weighted by molar-refractivity contribution is -0.141. The van der Waals surface area contributed by atoms with Crippen molar-refractivity contribution >= 4 is 5.97 Å². The fourth-order valence-electron chi connectivity index (χ4n) is 1.49. The van der Waals surface area contributed by atoms with Gasteiger partial charge in [-0.05, 0) is 37.0 Å². The summed E-state index contributed by atoms with van der Waals surface area (Å²) in [5.74, 6) is -1.30. The summed E-state index contributed by atoms with van der Waals surface area (Å²) < 4.78 is 0. The highest BCUT2D eigenvalue weighted by molar-refractivity contribution is 5.70. The fourth-order valence-corrected chi connectivity index (χ4v) is 1.49. The van der Waals surface area contributed by atoms with Crippen molar-refractivity contribution in [1.82, 2.24) is 0 Å². The van der Waals surface area contributed by atoms with Gasteiger partial charge in [0.25, 0.3) is 0 Å². The van der Waals surface area contributed by atoms with Gasteiger partial charge in [-0.2, -0.15) is 0 Å². The molecule has 0 amide bonds. The number of nitrogens with two attached hydrogens (primary N) is 1. The lowest BCUT2D eigenvalue weighted by Gasteiger charge is -2.10. The number of carboxylic acids is 1. The van der Waals surface area contributed by atoms with Crippen molar-refractivity contribution in [3.8, 4) is 0 Å². The minimum absolute atomic E-state index is 0.183. The largest absolute Gasteiger partial charge is 0.481 e. The molecule has 0 saturated carbocycles. The summed E-state index contributed by atoms with van der Waals surface area (Å²) in [5.41, 5.74) is 8.86. The smallest absolute Gasteiger partial charge is 0.308 e. The number of carbonyl (C=O) groups is 1. The maximum atomic E-state index is 10.8. The Morgan fingerprint density at radius 3 is 2.53 bits per heavy atom. The molecule has 0 bridgehead atoms. The third-order valence-electron chi connectivity index (χ3n) is 2.69. The topological polar surface area (TPSA) is 63.3 Å². The van der Waals surface area contributed by atoms with Crippen LogP contribution in [-0.4, -0.2) is 17.6 Å². The Kier molecular flexibility index (Phi) is 3.86. The van der Waals surface area contributed by atoms with Crippen LogP contribution in [0, 0.1) is 19.8 Å². The highest BCUT2D eigenvalue weighted by Crippen LogP contribution is 2.13. The van der Waals surface area contributed by atoms with Crippen LogP contribution in [0.1, 0.15) is 16.7 Å². The minimum atomic E-state index is -0.823. The van der Waals surface area contributed by atoms with Crippen LogP contribution in [0.4, 0.5) is 0 Å². The number of hydrogen-bond acceptors (Lipinski definition) is 2. The third kappa shape index (κ3) is 3.06. The molecule has 0 aliphatic carbocycles. The van der Waals surface area contributed by atoms with Gasteiger partial charge in [0.2, 0.25) is 0 Å². The van der Waals surface area contributed by atoms with E-state index in [1.807, 2.05) is 32.0 Å². The van der Waals surface area contributed by atoms with Crippen LogP contribution in [0.5, 0.6) is 0 Å². The molecule has 15 heavy (non-hydrogen) atoms. The van der Waals surface area contributed by atoms with Crippen LogP contribution in [0.3, 0.4) is 0 Å². The van der Waals surface area contributed by atoms with E-state index in [1.54, 1.807) is 0 Å². The van der Waals surface area contributed by atoms with E-state index in [1.165, 1.54) is 11.1 Å². The Labute approximate surface area is 89.9 Å². The molecule has 3 N–H and O–H groups in total. The fraction of sp³-hybridized carbons (Fsp3) is 0.417. The van der Waals surface area contributed by atoms with Crippen molar-refractivity contribution in [2.75, 3.05) is 6.54 Å². The first-order valence-electron chi connectivity index (χ1n) is 5.03. The lowest BCUT2D eigenvalue weighted by atomic mass is 9.97. The van der Waals surface area contributed by atoms with Crippen LogP contribution >= 0.6 is 0 Å². The van der Waals surface area contributed by atoms with E-state index < -0.39 is 11.9 Å². The summed E-state index contributed by atoms with van der Waals surface area (Å²) in [6.45, 7) is 4.25. The van der Waals surface area contributed by atoms with Gasteiger partial charge in [-0.25, -0.2) is 0 Å². The monoisotopic (exact) mass is 207 g/mol. The first-order chi connectivity index (χ1) is 7.04. The summed E-state index contributed by atoms with van der Waals surface area (Å²) >= 11 is 0. The molecular weight excluding hydrogens is 190 g/mol. The molecule has 1 unspecified atom stereocenters. The molecule has 0 aliphatic rings. The molecule has 1 atom stereocenters. The highest BCUT2D eigenvalue weighted by Gasteiger charge is 2.15. The zero-order valence-corrected chi connectivity index (χ0v) is 9.16. The second kappa shape index (κ2) is 4.94. The molecule has 0 aliphatic heterocycles. The molecule has 0 fully saturated rings. The van der Waals surface area contributed by atoms with Crippen LogP contribution in [0.25, 0.3) is 0 Å².